The quantitative estimate of drug-likeness (QED) is 0.742. The van der Waals surface area contributed by atoms with Gasteiger partial charge in [0.05, 0.1) is 0 Å². The smallest absolute Gasteiger partial charge is 0.127 e. The minimum absolute atomic E-state index is 0.0791. The highest BCUT2D eigenvalue weighted by Crippen LogP contribution is 2.19. The second-order valence-electron chi connectivity index (χ2n) is 4.93. The third-order valence-electron chi connectivity index (χ3n) is 3.61. The number of benzene rings is 2. The van der Waals surface area contributed by atoms with Gasteiger partial charge in [0.15, 0.2) is 0 Å². The lowest BCUT2D eigenvalue weighted by Crippen LogP contribution is -2.01. The SMILES string of the molecule is CCc1ccc(Cc2ccc3c(c2)CC=P3)c(F)c1. The summed E-state index contributed by atoms with van der Waals surface area (Å²) in [7, 11) is 1.32. The lowest BCUT2D eigenvalue weighted by atomic mass is 10.00. The zero-order chi connectivity index (χ0) is 13.2. The van der Waals surface area contributed by atoms with Crippen molar-refractivity contribution in [2.24, 2.45) is 0 Å². The molecule has 1 aliphatic rings. The molecule has 96 valence electrons. The summed E-state index contributed by atoms with van der Waals surface area (Å²) in [5.74, 6) is 2.19. The van der Waals surface area contributed by atoms with E-state index in [1.807, 2.05) is 19.1 Å². The molecule has 0 fully saturated rings. The van der Waals surface area contributed by atoms with Crippen molar-refractivity contribution in [3.8, 4) is 0 Å². The van der Waals surface area contributed by atoms with Crippen LogP contribution in [0.5, 0.6) is 0 Å². The molecule has 0 amide bonds. The number of hydrogen-bond acceptors (Lipinski definition) is 0. The van der Waals surface area contributed by atoms with Gasteiger partial charge < -0.3 is 0 Å². The van der Waals surface area contributed by atoms with E-state index in [0.29, 0.717) is 6.42 Å². The zero-order valence-corrected chi connectivity index (χ0v) is 11.9. The Morgan fingerprint density at radius 1 is 1.11 bits per heavy atom. The van der Waals surface area contributed by atoms with Gasteiger partial charge in [0, 0.05) is 11.7 Å². The van der Waals surface area contributed by atoms with Crippen LogP contribution in [0.3, 0.4) is 0 Å². The molecule has 0 N–H and O–H groups in total. The van der Waals surface area contributed by atoms with Gasteiger partial charge in [0.2, 0.25) is 0 Å². The largest absolute Gasteiger partial charge is 0.207 e. The van der Waals surface area contributed by atoms with Crippen molar-refractivity contribution in [2.75, 3.05) is 0 Å². The van der Waals surface area contributed by atoms with Crippen LogP contribution in [0.15, 0.2) is 36.4 Å². The third-order valence-corrected chi connectivity index (χ3v) is 4.69. The van der Waals surface area contributed by atoms with Gasteiger partial charge in [0.25, 0.3) is 0 Å². The van der Waals surface area contributed by atoms with Crippen LogP contribution in [-0.4, -0.2) is 5.80 Å². The number of fused-ring (bicyclic) bond motifs is 1. The molecule has 0 aliphatic carbocycles. The fraction of sp³-hybridized carbons (Fsp3) is 0.235. The normalized spacial score (nSPS) is 13.6. The van der Waals surface area contributed by atoms with Crippen LogP contribution in [0.1, 0.15) is 29.2 Å². The van der Waals surface area contributed by atoms with Crippen LogP contribution in [0.2, 0.25) is 0 Å². The molecular formula is C17H16FP. The summed E-state index contributed by atoms with van der Waals surface area (Å²) in [6.45, 7) is 2.05. The molecule has 2 aromatic rings. The van der Waals surface area contributed by atoms with Crippen LogP contribution >= 0.6 is 8.20 Å². The van der Waals surface area contributed by atoms with Gasteiger partial charge in [-0.15, -0.1) is 0 Å². The van der Waals surface area contributed by atoms with Gasteiger partial charge in [0.1, 0.15) is 5.82 Å². The second kappa shape index (κ2) is 5.27. The number of rotatable bonds is 3. The Balaban J connectivity index is 1.85. The van der Waals surface area contributed by atoms with E-state index in [9.17, 15) is 4.39 Å². The molecular weight excluding hydrogens is 254 g/mol. The highest BCUT2D eigenvalue weighted by atomic mass is 31.1. The molecule has 1 aliphatic heterocycles. The topological polar surface area (TPSA) is 0 Å². The molecule has 3 rings (SSSR count). The van der Waals surface area contributed by atoms with Gasteiger partial charge >= 0.3 is 0 Å². The lowest BCUT2D eigenvalue weighted by molar-refractivity contribution is 0.612. The lowest BCUT2D eigenvalue weighted by Gasteiger charge is -2.07. The maximum absolute atomic E-state index is 14.0. The van der Waals surface area contributed by atoms with Crippen molar-refractivity contribution in [3.63, 3.8) is 0 Å². The molecule has 0 aromatic heterocycles. The first-order valence-electron chi connectivity index (χ1n) is 6.68. The van der Waals surface area contributed by atoms with Crippen LogP contribution in [0, 0.1) is 5.82 Å². The van der Waals surface area contributed by atoms with Crippen molar-refractivity contribution in [1.82, 2.24) is 0 Å². The molecule has 0 bridgehead atoms. The summed E-state index contributed by atoms with van der Waals surface area (Å²) in [4.78, 5) is 0. The Morgan fingerprint density at radius 3 is 2.74 bits per heavy atom. The third kappa shape index (κ3) is 2.62. The average molecular weight is 270 g/mol. The molecule has 0 unspecified atom stereocenters. The van der Waals surface area contributed by atoms with E-state index < -0.39 is 0 Å². The van der Waals surface area contributed by atoms with Crippen molar-refractivity contribution in [3.05, 3.63) is 64.5 Å². The molecule has 2 heteroatoms. The average Bonchev–Trinajstić information content (AvgIpc) is 2.88. The first-order valence-corrected chi connectivity index (χ1v) is 7.64. The maximum atomic E-state index is 14.0. The molecule has 19 heavy (non-hydrogen) atoms. The van der Waals surface area contributed by atoms with Gasteiger partial charge in [-0.05, 0) is 47.2 Å². The van der Waals surface area contributed by atoms with Crippen LogP contribution in [0.4, 0.5) is 4.39 Å². The van der Waals surface area contributed by atoms with E-state index in [1.54, 1.807) is 6.07 Å². The monoisotopic (exact) mass is 270 g/mol. The molecule has 0 radical (unpaired) electrons. The summed E-state index contributed by atoms with van der Waals surface area (Å²) >= 11 is 0. The Bertz CT molecular complexity index is 644. The predicted octanol–water partition coefficient (Wildman–Crippen LogP) is 3.91. The standard InChI is InChI=1S/C17H16FP/c1-2-12-3-5-14(16(18)11-12)9-13-4-6-17-15(10-13)7-8-19-17/h3-6,8,10-11H,2,7,9H2,1H3. The van der Waals surface area contributed by atoms with E-state index in [4.69, 9.17) is 0 Å². The maximum Gasteiger partial charge on any atom is 0.127 e. The van der Waals surface area contributed by atoms with E-state index in [-0.39, 0.29) is 5.82 Å². The molecule has 0 saturated carbocycles. The van der Waals surface area contributed by atoms with Crippen molar-refractivity contribution >= 4 is 19.3 Å². The predicted molar refractivity (Wildman–Crippen MR) is 81.3 cm³/mol. The number of halogens is 1. The molecule has 2 aromatic carbocycles. The summed E-state index contributed by atoms with van der Waals surface area (Å²) in [6.07, 6.45) is 2.60. The number of aryl methyl sites for hydroxylation is 1. The van der Waals surface area contributed by atoms with Crippen molar-refractivity contribution in [2.45, 2.75) is 26.2 Å². The second-order valence-corrected chi connectivity index (χ2v) is 6.04. The Morgan fingerprint density at radius 2 is 1.95 bits per heavy atom. The van der Waals surface area contributed by atoms with Crippen LogP contribution in [0.25, 0.3) is 0 Å². The van der Waals surface area contributed by atoms with Crippen LogP contribution < -0.4 is 5.30 Å². The highest BCUT2D eigenvalue weighted by Gasteiger charge is 2.09. The van der Waals surface area contributed by atoms with Crippen molar-refractivity contribution in [1.29, 1.82) is 0 Å². The summed E-state index contributed by atoms with van der Waals surface area (Å²) < 4.78 is 14.0. The van der Waals surface area contributed by atoms with Gasteiger partial charge in [-0.1, -0.05) is 45.2 Å². The molecule has 0 spiro atoms. The van der Waals surface area contributed by atoms with Crippen molar-refractivity contribution < 1.29 is 4.39 Å². The van der Waals surface area contributed by atoms with E-state index in [0.717, 1.165) is 24.0 Å². The molecule has 0 nitrogen and oxygen atoms in total. The summed E-state index contributed by atoms with van der Waals surface area (Å²) in [5.41, 5.74) is 4.44. The number of hydrogen-bond donors (Lipinski definition) is 0. The Hall–Kier alpha value is -1.46. The first kappa shape index (κ1) is 12.6. The fourth-order valence-corrected chi connectivity index (χ4v) is 3.42. The molecule has 0 saturated heterocycles. The Labute approximate surface area is 115 Å². The van der Waals surface area contributed by atoms with Gasteiger partial charge in [-0.3, -0.25) is 0 Å². The van der Waals surface area contributed by atoms with Gasteiger partial charge in [-0.25, -0.2) is 4.39 Å². The van der Waals surface area contributed by atoms with E-state index in [1.165, 1.54) is 24.6 Å². The zero-order valence-electron chi connectivity index (χ0n) is 11.0. The highest BCUT2D eigenvalue weighted by molar-refractivity contribution is 7.48. The fourth-order valence-electron chi connectivity index (χ4n) is 2.45. The summed E-state index contributed by atoms with van der Waals surface area (Å²) in [5, 5.41) is 1.39. The molecule has 0 atom stereocenters. The summed E-state index contributed by atoms with van der Waals surface area (Å²) in [6, 6.07) is 12.1. The van der Waals surface area contributed by atoms with E-state index in [2.05, 4.69) is 24.0 Å². The molecule has 1 heterocycles. The van der Waals surface area contributed by atoms with Gasteiger partial charge in [-0.2, -0.15) is 0 Å². The minimum atomic E-state index is -0.0791. The van der Waals surface area contributed by atoms with E-state index >= 15 is 0 Å². The minimum Gasteiger partial charge on any atom is -0.207 e. The van der Waals surface area contributed by atoms with Crippen LogP contribution in [-0.2, 0) is 19.3 Å². The first-order chi connectivity index (χ1) is 9.26. The Kier molecular flexibility index (Phi) is 3.48.